The van der Waals surface area contributed by atoms with E-state index >= 15 is 0 Å². The second-order valence-corrected chi connectivity index (χ2v) is 4.87. The SMILES string of the molecule is Cc1ccc(C(=O)O)c(OCC(=O)Nc2nccs2)c1. The molecule has 2 aromatic rings. The molecule has 2 rings (SSSR count). The van der Waals surface area contributed by atoms with Crippen LogP contribution in [0.2, 0.25) is 0 Å². The van der Waals surface area contributed by atoms with E-state index in [4.69, 9.17) is 9.84 Å². The summed E-state index contributed by atoms with van der Waals surface area (Å²) in [5.74, 6) is -1.31. The number of benzene rings is 1. The van der Waals surface area contributed by atoms with Crippen LogP contribution in [0.25, 0.3) is 0 Å². The maximum absolute atomic E-state index is 11.6. The van der Waals surface area contributed by atoms with Gasteiger partial charge in [-0.2, -0.15) is 0 Å². The van der Waals surface area contributed by atoms with Crippen molar-refractivity contribution in [1.82, 2.24) is 4.98 Å². The molecule has 0 atom stereocenters. The first-order chi connectivity index (χ1) is 9.56. The summed E-state index contributed by atoms with van der Waals surface area (Å²) in [6.45, 7) is 1.54. The predicted molar refractivity (Wildman–Crippen MR) is 74.4 cm³/mol. The van der Waals surface area contributed by atoms with Crippen LogP contribution in [0, 0.1) is 6.92 Å². The Balaban J connectivity index is 2.01. The lowest BCUT2D eigenvalue weighted by atomic mass is 10.1. The molecular formula is C13H12N2O4S. The van der Waals surface area contributed by atoms with Crippen molar-refractivity contribution in [3.8, 4) is 5.75 Å². The van der Waals surface area contributed by atoms with Gasteiger partial charge in [0.05, 0.1) is 0 Å². The van der Waals surface area contributed by atoms with Crippen LogP contribution in [0.4, 0.5) is 5.13 Å². The smallest absolute Gasteiger partial charge is 0.339 e. The molecule has 0 aliphatic heterocycles. The Hall–Kier alpha value is -2.41. The van der Waals surface area contributed by atoms with E-state index in [1.165, 1.54) is 17.4 Å². The Labute approximate surface area is 119 Å². The van der Waals surface area contributed by atoms with Gasteiger partial charge in [0, 0.05) is 11.6 Å². The number of carbonyl (C=O) groups excluding carboxylic acids is 1. The number of nitrogens with one attached hydrogen (secondary N) is 1. The average molecular weight is 292 g/mol. The number of carboxylic acid groups (broad SMARTS) is 1. The van der Waals surface area contributed by atoms with Crippen molar-refractivity contribution in [3.63, 3.8) is 0 Å². The standard InChI is InChI=1S/C13H12N2O4S/c1-8-2-3-9(12(17)18)10(6-8)19-7-11(16)15-13-14-4-5-20-13/h2-6H,7H2,1H3,(H,17,18)(H,14,15,16). The average Bonchev–Trinajstić information content (AvgIpc) is 2.89. The second kappa shape index (κ2) is 6.16. The summed E-state index contributed by atoms with van der Waals surface area (Å²) in [7, 11) is 0. The highest BCUT2D eigenvalue weighted by Crippen LogP contribution is 2.20. The molecule has 0 aliphatic rings. The van der Waals surface area contributed by atoms with Crippen molar-refractivity contribution in [2.75, 3.05) is 11.9 Å². The quantitative estimate of drug-likeness (QED) is 0.881. The van der Waals surface area contributed by atoms with Crippen LogP contribution in [0.1, 0.15) is 15.9 Å². The van der Waals surface area contributed by atoms with E-state index in [2.05, 4.69) is 10.3 Å². The molecular weight excluding hydrogens is 280 g/mol. The fourth-order valence-corrected chi connectivity index (χ4v) is 2.05. The summed E-state index contributed by atoms with van der Waals surface area (Å²) in [4.78, 5) is 26.6. The van der Waals surface area contributed by atoms with E-state index in [0.717, 1.165) is 5.56 Å². The van der Waals surface area contributed by atoms with Crippen LogP contribution in [-0.2, 0) is 4.79 Å². The Bertz CT molecular complexity index is 625. The van der Waals surface area contributed by atoms with Crippen LogP contribution in [0.5, 0.6) is 5.75 Å². The van der Waals surface area contributed by atoms with Gasteiger partial charge in [0.25, 0.3) is 5.91 Å². The lowest BCUT2D eigenvalue weighted by Gasteiger charge is -2.09. The van der Waals surface area contributed by atoms with E-state index in [-0.39, 0.29) is 17.9 Å². The fourth-order valence-electron chi connectivity index (χ4n) is 1.51. The van der Waals surface area contributed by atoms with Gasteiger partial charge in [0.2, 0.25) is 0 Å². The largest absolute Gasteiger partial charge is 0.483 e. The normalized spacial score (nSPS) is 10.1. The number of hydrogen-bond donors (Lipinski definition) is 2. The lowest BCUT2D eigenvalue weighted by molar-refractivity contribution is -0.118. The number of aromatic carboxylic acids is 1. The number of anilines is 1. The van der Waals surface area contributed by atoms with E-state index in [1.807, 2.05) is 6.92 Å². The third-order valence-electron chi connectivity index (χ3n) is 2.40. The zero-order chi connectivity index (χ0) is 14.5. The van der Waals surface area contributed by atoms with Crippen molar-refractivity contribution in [1.29, 1.82) is 0 Å². The predicted octanol–water partition coefficient (Wildman–Crippen LogP) is 2.17. The second-order valence-electron chi connectivity index (χ2n) is 3.98. The molecule has 104 valence electrons. The van der Waals surface area contributed by atoms with Crippen LogP contribution in [-0.4, -0.2) is 28.6 Å². The van der Waals surface area contributed by atoms with Gasteiger partial charge >= 0.3 is 5.97 Å². The summed E-state index contributed by atoms with van der Waals surface area (Å²) in [5.41, 5.74) is 0.878. The topological polar surface area (TPSA) is 88.5 Å². The van der Waals surface area contributed by atoms with Gasteiger partial charge in [-0.25, -0.2) is 9.78 Å². The van der Waals surface area contributed by atoms with Crippen LogP contribution in [0.3, 0.4) is 0 Å². The first-order valence-corrected chi connectivity index (χ1v) is 6.60. The Morgan fingerprint density at radius 3 is 2.90 bits per heavy atom. The molecule has 1 heterocycles. The molecule has 0 saturated heterocycles. The first-order valence-electron chi connectivity index (χ1n) is 5.72. The van der Waals surface area contributed by atoms with Gasteiger partial charge in [-0.15, -0.1) is 11.3 Å². The summed E-state index contributed by atoms with van der Waals surface area (Å²) >= 11 is 1.29. The van der Waals surface area contributed by atoms with Crippen LogP contribution < -0.4 is 10.1 Å². The van der Waals surface area contributed by atoms with Gasteiger partial charge < -0.3 is 9.84 Å². The highest BCUT2D eigenvalue weighted by molar-refractivity contribution is 7.13. The minimum absolute atomic E-state index is 0.0256. The third kappa shape index (κ3) is 3.55. The van der Waals surface area contributed by atoms with Crippen molar-refractivity contribution < 1.29 is 19.4 Å². The molecule has 1 aromatic heterocycles. The Kier molecular flexibility index (Phi) is 4.31. The zero-order valence-electron chi connectivity index (χ0n) is 10.6. The van der Waals surface area contributed by atoms with E-state index in [0.29, 0.717) is 5.13 Å². The zero-order valence-corrected chi connectivity index (χ0v) is 11.4. The number of carbonyl (C=O) groups is 2. The molecule has 2 N–H and O–H groups in total. The van der Waals surface area contributed by atoms with Gasteiger partial charge in [0.15, 0.2) is 11.7 Å². The highest BCUT2D eigenvalue weighted by atomic mass is 32.1. The summed E-state index contributed by atoms with van der Waals surface area (Å²) in [6.07, 6.45) is 1.57. The number of aromatic nitrogens is 1. The number of amides is 1. The van der Waals surface area contributed by atoms with E-state index in [1.54, 1.807) is 23.7 Å². The maximum atomic E-state index is 11.6. The number of thiazole rings is 1. The molecule has 0 aliphatic carbocycles. The number of nitrogens with zero attached hydrogens (tertiary/aromatic N) is 1. The minimum Gasteiger partial charge on any atom is -0.483 e. The fraction of sp³-hybridized carbons (Fsp3) is 0.154. The Morgan fingerprint density at radius 2 is 2.25 bits per heavy atom. The number of ether oxygens (including phenoxy) is 1. The number of carboxylic acids is 1. The highest BCUT2D eigenvalue weighted by Gasteiger charge is 2.13. The lowest BCUT2D eigenvalue weighted by Crippen LogP contribution is -2.20. The minimum atomic E-state index is -1.10. The van der Waals surface area contributed by atoms with Crippen molar-refractivity contribution in [2.45, 2.75) is 6.92 Å². The van der Waals surface area contributed by atoms with E-state index < -0.39 is 11.9 Å². The van der Waals surface area contributed by atoms with Gasteiger partial charge in [-0.05, 0) is 24.6 Å². The molecule has 0 unspecified atom stereocenters. The number of rotatable bonds is 5. The van der Waals surface area contributed by atoms with Crippen LogP contribution >= 0.6 is 11.3 Å². The van der Waals surface area contributed by atoms with Gasteiger partial charge in [-0.3, -0.25) is 10.1 Å². The molecule has 1 aromatic carbocycles. The van der Waals surface area contributed by atoms with Gasteiger partial charge in [0.1, 0.15) is 11.3 Å². The van der Waals surface area contributed by atoms with E-state index in [9.17, 15) is 9.59 Å². The summed E-state index contributed by atoms with van der Waals surface area (Å²) in [5, 5.41) is 13.8. The molecule has 1 amide bonds. The number of aryl methyl sites for hydroxylation is 1. The van der Waals surface area contributed by atoms with Crippen molar-refractivity contribution >= 4 is 28.3 Å². The van der Waals surface area contributed by atoms with Crippen molar-refractivity contribution in [2.24, 2.45) is 0 Å². The molecule has 20 heavy (non-hydrogen) atoms. The monoisotopic (exact) mass is 292 g/mol. The molecule has 0 radical (unpaired) electrons. The molecule has 0 spiro atoms. The summed E-state index contributed by atoms with van der Waals surface area (Å²) in [6, 6.07) is 4.71. The molecule has 0 bridgehead atoms. The van der Waals surface area contributed by atoms with Crippen molar-refractivity contribution in [3.05, 3.63) is 40.9 Å². The van der Waals surface area contributed by atoms with Gasteiger partial charge in [-0.1, -0.05) is 6.07 Å². The molecule has 6 nitrogen and oxygen atoms in total. The first kappa shape index (κ1) is 14.0. The third-order valence-corrected chi connectivity index (χ3v) is 3.09. The maximum Gasteiger partial charge on any atom is 0.339 e. The Morgan fingerprint density at radius 1 is 1.45 bits per heavy atom. The summed E-state index contributed by atoms with van der Waals surface area (Å²) < 4.78 is 5.27. The van der Waals surface area contributed by atoms with Crippen LogP contribution in [0.15, 0.2) is 29.8 Å². The molecule has 7 heteroatoms. The molecule has 0 fully saturated rings. The molecule has 0 saturated carbocycles. The number of hydrogen-bond acceptors (Lipinski definition) is 5.